The van der Waals surface area contributed by atoms with E-state index in [1.165, 1.54) is 27.8 Å². The van der Waals surface area contributed by atoms with E-state index < -0.39 is 0 Å². The summed E-state index contributed by atoms with van der Waals surface area (Å²) in [5.74, 6) is 0. The maximum absolute atomic E-state index is 4.54. The molecule has 0 atom stereocenters. The fourth-order valence-corrected chi connectivity index (χ4v) is 2.70. The Morgan fingerprint density at radius 3 is 2.43 bits per heavy atom. The largest absolute Gasteiger partial charge is 0.261 e. The van der Waals surface area contributed by atoms with Gasteiger partial charge in [-0.3, -0.25) is 4.99 Å². The molecule has 0 N–H and O–H groups in total. The summed E-state index contributed by atoms with van der Waals surface area (Å²) < 4.78 is 0. The SMILES string of the molecule is C=CN=C(Cc1ccccc1)c1cc(CC)c(C)cc1C. The van der Waals surface area contributed by atoms with Gasteiger partial charge in [0.15, 0.2) is 0 Å². The highest BCUT2D eigenvalue weighted by Gasteiger charge is 2.10. The van der Waals surface area contributed by atoms with Gasteiger partial charge in [0.05, 0.1) is 5.71 Å². The Bertz CT molecular complexity index is 651. The standard InChI is InChI=1S/C20H23N/c1-5-18-14-19(16(4)12-15(18)3)20(21-6-2)13-17-10-8-7-9-11-17/h6-12,14H,2,5,13H2,1,3-4H3. The fraction of sp³-hybridized carbons (Fsp3) is 0.250. The lowest BCUT2D eigenvalue weighted by atomic mass is 9.93. The third kappa shape index (κ3) is 3.69. The summed E-state index contributed by atoms with van der Waals surface area (Å²) in [5.41, 5.74) is 7.62. The molecule has 0 radical (unpaired) electrons. The monoisotopic (exact) mass is 277 g/mol. The Balaban J connectivity index is 2.44. The lowest BCUT2D eigenvalue weighted by Gasteiger charge is -2.13. The zero-order chi connectivity index (χ0) is 15.2. The first-order valence-electron chi connectivity index (χ1n) is 7.47. The minimum absolute atomic E-state index is 0.833. The van der Waals surface area contributed by atoms with Crippen molar-refractivity contribution in [2.24, 2.45) is 4.99 Å². The van der Waals surface area contributed by atoms with E-state index in [9.17, 15) is 0 Å². The molecule has 0 aromatic heterocycles. The summed E-state index contributed by atoms with van der Waals surface area (Å²) in [5, 5.41) is 0. The molecule has 0 spiro atoms. The van der Waals surface area contributed by atoms with E-state index in [1.807, 2.05) is 6.07 Å². The van der Waals surface area contributed by atoms with Gasteiger partial charge in [-0.15, -0.1) is 0 Å². The Morgan fingerprint density at radius 2 is 1.81 bits per heavy atom. The molecule has 2 aromatic rings. The Labute approximate surface area is 128 Å². The highest BCUT2D eigenvalue weighted by Crippen LogP contribution is 2.19. The minimum atomic E-state index is 0.833. The first kappa shape index (κ1) is 15.2. The summed E-state index contributed by atoms with van der Waals surface area (Å²) in [6, 6.07) is 15.0. The maximum atomic E-state index is 4.54. The molecule has 1 heteroatoms. The topological polar surface area (TPSA) is 12.4 Å². The first-order valence-corrected chi connectivity index (χ1v) is 7.47. The molecule has 0 amide bonds. The Morgan fingerprint density at radius 1 is 1.10 bits per heavy atom. The van der Waals surface area contributed by atoms with Crippen LogP contribution in [0.4, 0.5) is 0 Å². The van der Waals surface area contributed by atoms with Gasteiger partial charge in [-0.05, 0) is 54.2 Å². The van der Waals surface area contributed by atoms with Crippen LogP contribution in [0.15, 0.2) is 60.2 Å². The van der Waals surface area contributed by atoms with Crippen LogP contribution in [-0.2, 0) is 12.8 Å². The van der Waals surface area contributed by atoms with Crippen molar-refractivity contribution in [3.8, 4) is 0 Å². The van der Waals surface area contributed by atoms with E-state index in [0.717, 1.165) is 18.6 Å². The molecule has 21 heavy (non-hydrogen) atoms. The smallest absolute Gasteiger partial charge is 0.0522 e. The molecule has 0 bridgehead atoms. The second-order valence-corrected chi connectivity index (χ2v) is 5.37. The lowest BCUT2D eigenvalue weighted by molar-refractivity contribution is 1.10. The van der Waals surface area contributed by atoms with Crippen molar-refractivity contribution < 1.29 is 0 Å². The number of hydrogen-bond acceptors (Lipinski definition) is 1. The number of aliphatic imine (C=N–C) groups is 1. The van der Waals surface area contributed by atoms with Crippen LogP contribution in [-0.4, -0.2) is 5.71 Å². The zero-order valence-corrected chi connectivity index (χ0v) is 13.2. The van der Waals surface area contributed by atoms with Crippen molar-refractivity contribution in [3.63, 3.8) is 0 Å². The van der Waals surface area contributed by atoms with Crippen LogP contribution in [0.3, 0.4) is 0 Å². The Kier molecular flexibility index (Phi) is 5.10. The molecule has 0 saturated carbocycles. The molecule has 2 aromatic carbocycles. The second-order valence-electron chi connectivity index (χ2n) is 5.37. The van der Waals surface area contributed by atoms with E-state index in [2.05, 4.69) is 68.7 Å². The molecule has 0 unspecified atom stereocenters. The van der Waals surface area contributed by atoms with Gasteiger partial charge in [0.2, 0.25) is 0 Å². The van der Waals surface area contributed by atoms with E-state index >= 15 is 0 Å². The molecule has 0 heterocycles. The van der Waals surface area contributed by atoms with Gasteiger partial charge in [0.25, 0.3) is 0 Å². The molecular formula is C20H23N. The predicted octanol–water partition coefficient (Wildman–Crippen LogP) is 5.04. The van der Waals surface area contributed by atoms with Crippen LogP contribution in [0.1, 0.15) is 34.7 Å². The molecule has 0 aliphatic carbocycles. The number of rotatable bonds is 5. The lowest BCUT2D eigenvalue weighted by Crippen LogP contribution is -2.08. The van der Waals surface area contributed by atoms with Crippen LogP contribution in [0.25, 0.3) is 0 Å². The third-order valence-corrected chi connectivity index (χ3v) is 3.84. The van der Waals surface area contributed by atoms with Gasteiger partial charge >= 0.3 is 0 Å². The van der Waals surface area contributed by atoms with Gasteiger partial charge in [-0.1, -0.05) is 49.9 Å². The van der Waals surface area contributed by atoms with Crippen LogP contribution in [0.5, 0.6) is 0 Å². The highest BCUT2D eigenvalue weighted by atomic mass is 14.7. The van der Waals surface area contributed by atoms with Crippen molar-refractivity contribution in [1.82, 2.24) is 0 Å². The quantitative estimate of drug-likeness (QED) is 0.679. The molecule has 0 aliphatic rings. The number of aryl methyl sites for hydroxylation is 3. The molecule has 108 valence electrons. The molecular weight excluding hydrogens is 254 g/mol. The van der Waals surface area contributed by atoms with Crippen molar-refractivity contribution in [2.45, 2.75) is 33.6 Å². The van der Waals surface area contributed by atoms with Crippen LogP contribution in [0, 0.1) is 13.8 Å². The zero-order valence-electron chi connectivity index (χ0n) is 13.2. The number of hydrogen-bond donors (Lipinski definition) is 0. The van der Waals surface area contributed by atoms with Gasteiger partial charge < -0.3 is 0 Å². The highest BCUT2D eigenvalue weighted by molar-refractivity contribution is 6.03. The summed E-state index contributed by atoms with van der Waals surface area (Å²) in [6.07, 6.45) is 3.52. The molecule has 0 aliphatic heterocycles. The number of benzene rings is 2. The van der Waals surface area contributed by atoms with E-state index in [1.54, 1.807) is 6.20 Å². The van der Waals surface area contributed by atoms with E-state index in [-0.39, 0.29) is 0 Å². The van der Waals surface area contributed by atoms with E-state index in [0.29, 0.717) is 0 Å². The van der Waals surface area contributed by atoms with Crippen molar-refractivity contribution in [2.75, 3.05) is 0 Å². The van der Waals surface area contributed by atoms with Gasteiger partial charge in [-0.2, -0.15) is 0 Å². The summed E-state index contributed by atoms with van der Waals surface area (Å²) in [7, 11) is 0. The molecule has 0 saturated heterocycles. The predicted molar refractivity (Wildman–Crippen MR) is 92.2 cm³/mol. The average Bonchev–Trinajstić information content (AvgIpc) is 2.48. The first-order chi connectivity index (χ1) is 10.2. The number of nitrogens with zero attached hydrogens (tertiary/aromatic N) is 1. The average molecular weight is 277 g/mol. The van der Waals surface area contributed by atoms with Crippen molar-refractivity contribution >= 4 is 5.71 Å². The summed E-state index contributed by atoms with van der Waals surface area (Å²) in [6.45, 7) is 10.3. The van der Waals surface area contributed by atoms with Gasteiger partial charge in [0, 0.05) is 12.6 Å². The third-order valence-electron chi connectivity index (χ3n) is 3.84. The molecule has 1 nitrogen and oxygen atoms in total. The minimum Gasteiger partial charge on any atom is -0.261 e. The normalized spacial score (nSPS) is 11.5. The van der Waals surface area contributed by atoms with E-state index in [4.69, 9.17) is 0 Å². The van der Waals surface area contributed by atoms with Crippen LogP contribution in [0.2, 0.25) is 0 Å². The van der Waals surface area contributed by atoms with Crippen molar-refractivity contribution in [1.29, 1.82) is 0 Å². The van der Waals surface area contributed by atoms with Gasteiger partial charge in [-0.25, -0.2) is 0 Å². The van der Waals surface area contributed by atoms with Gasteiger partial charge in [0.1, 0.15) is 0 Å². The Hall–Kier alpha value is -2.15. The summed E-state index contributed by atoms with van der Waals surface area (Å²) >= 11 is 0. The molecule has 0 fully saturated rings. The van der Waals surface area contributed by atoms with Crippen molar-refractivity contribution in [3.05, 3.63) is 83.1 Å². The summed E-state index contributed by atoms with van der Waals surface area (Å²) in [4.78, 5) is 4.54. The van der Waals surface area contributed by atoms with Crippen LogP contribution < -0.4 is 0 Å². The second kappa shape index (κ2) is 7.03. The molecule has 2 rings (SSSR count). The fourth-order valence-electron chi connectivity index (χ4n) is 2.70. The van der Waals surface area contributed by atoms with Crippen LogP contribution >= 0.6 is 0 Å². The maximum Gasteiger partial charge on any atom is 0.0522 e.